The highest BCUT2D eigenvalue weighted by atomic mass is 16.2. The molecule has 0 aliphatic heterocycles. The Balaban J connectivity index is 1.22. The maximum Gasteiger partial charge on any atom is 0.243 e. The Kier molecular flexibility index (Phi) is 4.73. The smallest absolute Gasteiger partial charge is 0.243 e. The molecule has 1 aromatic carbocycles. The van der Waals surface area contributed by atoms with Gasteiger partial charge in [-0.1, -0.05) is 0 Å². The molecule has 0 unspecified atom stereocenters. The number of anilines is 1. The monoisotopic (exact) mass is 352 g/mol. The fourth-order valence-electron chi connectivity index (χ4n) is 3.56. The first-order valence-electron chi connectivity index (χ1n) is 9.35. The molecule has 0 spiro atoms. The first kappa shape index (κ1) is 16.8. The van der Waals surface area contributed by atoms with E-state index in [-0.39, 0.29) is 18.4 Å². The van der Waals surface area contributed by atoms with Gasteiger partial charge in [0.1, 0.15) is 0 Å². The summed E-state index contributed by atoms with van der Waals surface area (Å²) in [7, 11) is 0. The predicted molar refractivity (Wildman–Crippen MR) is 98.8 cm³/mol. The molecule has 2 fully saturated rings. The molecule has 0 atom stereocenters. The van der Waals surface area contributed by atoms with Crippen molar-refractivity contribution >= 4 is 17.5 Å². The van der Waals surface area contributed by atoms with E-state index in [9.17, 15) is 9.59 Å². The van der Waals surface area contributed by atoms with Crippen molar-refractivity contribution in [2.24, 2.45) is 17.8 Å². The molecule has 6 nitrogen and oxygen atoms in total. The van der Waals surface area contributed by atoms with Gasteiger partial charge in [-0.2, -0.15) is 5.10 Å². The number of rotatable bonds is 8. The quantitative estimate of drug-likeness (QED) is 0.767. The Morgan fingerprint density at radius 1 is 1.08 bits per heavy atom. The summed E-state index contributed by atoms with van der Waals surface area (Å²) < 4.78 is 1.75. The van der Waals surface area contributed by atoms with Crippen LogP contribution in [0.2, 0.25) is 0 Å². The zero-order valence-corrected chi connectivity index (χ0v) is 14.7. The number of hydrogen-bond donors (Lipinski definition) is 2. The van der Waals surface area contributed by atoms with Crippen LogP contribution in [0.15, 0.2) is 42.7 Å². The van der Waals surface area contributed by atoms with Crippen molar-refractivity contribution in [1.82, 2.24) is 15.1 Å². The van der Waals surface area contributed by atoms with Crippen molar-refractivity contribution in [3.05, 3.63) is 42.7 Å². The third-order valence-electron chi connectivity index (χ3n) is 5.24. The molecule has 1 heterocycles. The van der Waals surface area contributed by atoms with E-state index in [4.69, 9.17) is 0 Å². The molecular weight excluding hydrogens is 328 g/mol. The predicted octanol–water partition coefficient (Wildman–Crippen LogP) is 2.75. The average Bonchev–Trinajstić information content (AvgIpc) is 3.58. The van der Waals surface area contributed by atoms with Crippen LogP contribution < -0.4 is 10.6 Å². The first-order chi connectivity index (χ1) is 12.7. The summed E-state index contributed by atoms with van der Waals surface area (Å²) in [5, 5.41) is 9.74. The van der Waals surface area contributed by atoms with E-state index in [1.807, 2.05) is 36.5 Å². The van der Waals surface area contributed by atoms with Crippen molar-refractivity contribution in [2.75, 3.05) is 11.9 Å². The Hall–Kier alpha value is -2.63. The molecule has 2 aromatic rings. The lowest BCUT2D eigenvalue weighted by molar-refractivity contribution is -0.125. The number of nitrogens with zero attached hydrogens (tertiary/aromatic N) is 2. The lowest BCUT2D eigenvalue weighted by atomic mass is 9.94. The number of carbonyl (C=O) groups is 2. The molecule has 0 radical (unpaired) electrons. The van der Waals surface area contributed by atoms with Gasteiger partial charge in [0, 0.05) is 24.5 Å². The minimum Gasteiger partial charge on any atom is -0.347 e. The average molecular weight is 352 g/mol. The summed E-state index contributed by atoms with van der Waals surface area (Å²) in [5.74, 6) is 1.82. The van der Waals surface area contributed by atoms with Crippen molar-refractivity contribution in [1.29, 1.82) is 0 Å². The summed E-state index contributed by atoms with van der Waals surface area (Å²) in [5.41, 5.74) is 1.63. The summed E-state index contributed by atoms with van der Waals surface area (Å²) in [6.07, 6.45) is 9.22. The number of carbonyl (C=O) groups excluding carboxylic acids is 2. The molecule has 136 valence electrons. The van der Waals surface area contributed by atoms with Gasteiger partial charge in [-0.15, -0.1) is 0 Å². The molecule has 2 amide bonds. The SMILES string of the molecule is O=C(CC(C1CC1)C1CC1)NCC(=O)Nc1ccc(-n2cccn2)cc1. The lowest BCUT2D eigenvalue weighted by Crippen LogP contribution is -2.34. The molecule has 2 N–H and O–H groups in total. The van der Waals surface area contributed by atoms with E-state index in [2.05, 4.69) is 15.7 Å². The minimum atomic E-state index is -0.209. The van der Waals surface area contributed by atoms with Crippen LogP contribution in [0, 0.1) is 17.8 Å². The van der Waals surface area contributed by atoms with Gasteiger partial charge < -0.3 is 10.6 Å². The maximum atomic E-state index is 12.2. The highest BCUT2D eigenvalue weighted by Gasteiger charge is 2.42. The third kappa shape index (κ3) is 4.31. The van der Waals surface area contributed by atoms with Gasteiger partial charge >= 0.3 is 0 Å². The zero-order valence-electron chi connectivity index (χ0n) is 14.7. The van der Waals surface area contributed by atoms with Crippen LogP contribution in [0.25, 0.3) is 5.69 Å². The normalized spacial score (nSPS) is 16.5. The molecule has 2 saturated carbocycles. The van der Waals surface area contributed by atoms with Gasteiger partial charge in [0.15, 0.2) is 0 Å². The van der Waals surface area contributed by atoms with Crippen LogP contribution in [0.4, 0.5) is 5.69 Å². The van der Waals surface area contributed by atoms with E-state index in [0.717, 1.165) is 17.5 Å². The number of nitrogens with one attached hydrogen (secondary N) is 2. The second-order valence-corrected chi connectivity index (χ2v) is 7.37. The van der Waals surface area contributed by atoms with E-state index in [1.165, 1.54) is 25.7 Å². The standard InChI is InChI=1S/C20H24N4O2/c25-19(12-18(14-2-3-14)15-4-5-15)21-13-20(26)23-16-6-8-17(9-7-16)24-11-1-10-22-24/h1,6-11,14-15,18H,2-5,12-13H2,(H,21,25)(H,23,26). The van der Waals surface area contributed by atoms with E-state index in [1.54, 1.807) is 10.9 Å². The van der Waals surface area contributed by atoms with E-state index in [0.29, 0.717) is 18.0 Å². The van der Waals surface area contributed by atoms with Crippen LogP contribution in [0.1, 0.15) is 32.1 Å². The second-order valence-electron chi connectivity index (χ2n) is 7.37. The van der Waals surface area contributed by atoms with Crippen molar-refractivity contribution in [2.45, 2.75) is 32.1 Å². The van der Waals surface area contributed by atoms with Gasteiger partial charge in [-0.25, -0.2) is 4.68 Å². The first-order valence-corrected chi connectivity index (χ1v) is 9.35. The fraction of sp³-hybridized carbons (Fsp3) is 0.450. The molecule has 0 bridgehead atoms. The fourth-order valence-corrected chi connectivity index (χ4v) is 3.56. The topological polar surface area (TPSA) is 76.0 Å². The molecule has 6 heteroatoms. The second kappa shape index (κ2) is 7.32. The van der Waals surface area contributed by atoms with Gasteiger partial charge in [0.05, 0.1) is 12.2 Å². The Morgan fingerprint density at radius 2 is 1.77 bits per heavy atom. The van der Waals surface area contributed by atoms with E-state index < -0.39 is 0 Å². The lowest BCUT2D eigenvalue weighted by Gasteiger charge is -2.15. The number of hydrogen-bond acceptors (Lipinski definition) is 3. The van der Waals surface area contributed by atoms with E-state index >= 15 is 0 Å². The van der Waals surface area contributed by atoms with Crippen molar-refractivity contribution in [3.8, 4) is 5.69 Å². The van der Waals surface area contributed by atoms with Crippen molar-refractivity contribution < 1.29 is 9.59 Å². The number of amides is 2. The Morgan fingerprint density at radius 3 is 2.35 bits per heavy atom. The van der Waals surface area contributed by atoms with Crippen LogP contribution in [-0.4, -0.2) is 28.1 Å². The Labute approximate surface area is 153 Å². The van der Waals surface area contributed by atoms with Gasteiger partial charge in [0.2, 0.25) is 11.8 Å². The van der Waals surface area contributed by atoms with Crippen molar-refractivity contribution in [3.63, 3.8) is 0 Å². The Bertz CT molecular complexity index is 750. The molecule has 26 heavy (non-hydrogen) atoms. The molecule has 4 rings (SSSR count). The molecule has 0 saturated heterocycles. The summed E-state index contributed by atoms with van der Waals surface area (Å²) in [4.78, 5) is 24.2. The summed E-state index contributed by atoms with van der Waals surface area (Å²) in [6.45, 7) is 0.0157. The molecular formula is C20H24N4O2. The van der Waals surface area contributed by atoms with Crippen LogP contribution in [0.3, 0.4) is 0 Å². The van der Waals surface area contributed by atoms with Gasteiger partial charge in [-0.05, 0) is 73.8 Å². The third-order valence-corrected chi connectivity index (χ3v) is 5.24. The molecule has 2 aliphatic rings. The number of benzene rings is 1. The molecule has 1 aromatic heterocycles. The summed E-state index contributed by atoms with van der Waals surface area (Å²) >= 11 is 0. The number of aromatic nitrogens is 2. The summed E-state index contributed by atoms with van der Waals surface area (Å²) in [6, 6.07) is 9.28. The van der Waals surface area contributed by atoms with Gasteiger partial charge in [-0.3, -0.25) is 9.59 Å². The minimum absolute atomic E-state index is 0.00187. The zero-order chi connectivity index (χ0) is 17.9. The highest BCUT2D eigenvalue weighted by molar-refractivity contribution is 5.94. The van der Waals surface area contributed by atoms with Gasteiger partial charge in [0.25, 0.3) is 0 Å². The molecule has 2 aliphatic carbocycles. The van der Waals surface area contributed by atoms with Crippen LogP contribution >= 0.6 is 0 Å². The largest absolute Gasteiger partial charge is 0.347 e. The maximum absolute atomic E-state index is 12.2. The van der Waals surface area contributed by atoms with Crippen LogP contribution in [0.5, 0.6) is 0 Å². The highest BCUT2D eigenvalue weighted by Crippen LogP contribution is 2.50. The van der Waals surface area contributed by atoms with Crippen LogP contribution in [-0.2, 0) is 9.59 Å².